The van der Waals surface area contributed by atoms with E-state index in [0.717, 1.165) is 89.3 Å². The second-order valence-electron chi connectivity index (χ2n) is 9.92. The van der Waals surface area contributed by atoms with Crippen molar-refractivity contribution in [2.75, 3.05) is 31.9 Å². The molecule has 2 aliphatic heterocycles. The number of aromatic nitrogens is 5. The zero-order chi connectivity index (χ0) is 25.6. The zero-order valence-electron chi connectivity index (χ0n) is 21.4. The van der Waals surface area contributed by atoms with E-state index in [-0.39, 0.29) is 6.79 Å². The topological polar surface area (TPSA) is 98.3 Å². The van der Waals surface area contributed by atoms with Gasteiger partial charge in [-0.1, -0.05) is 0 Å². The van der Waals surface area contributed by atoms with Crippen LogP contribution in [0.1, 0.15) is 47.1 Å². The summed E-state index contributed by atoms with van der Waals surface area (Å²) >= 11 is 0. The number of rotatable bonds is 5. The van der Waals surface area contributed by atoms with Crippen molar-refractivity contribution in [2.24, 2.45) is 0 Å². The Hall–Kier alpha value is -4.40. The summed E-state index contributed by atoms with van der Waals surface area (Å²) in [5.74, 6) is 4.61. The Morgan fingerprint density at radius 3 is 2.74 bits per heavy atom. The summed E-state index contributed by atoms with van der Waals surface area (Å²) in [4.78, 5) is 24.5. The molecule has 1 N–H and O–H groups in total. The maximum Gasteiger partial charge on any atom is 0.231 e. The number of H-pyrrole nitrogens is 1. The van der Waals surface area contributed by atoms with Crippen LogP contribution >= 0.6 is 0 Å². The number of benzene rings is 1. The number of allylic oxidation sites excluding steroid dienone is 1. The van der Waals surface area contributed by atoms with Crippen LogP contribution < -0.4 is 19.1 Å². The Kier molecular flexibility index (Phi) is 5.49. The van der Waals surface area contributed by atoms with E-state index in [1.807, 2.05) is 30.3 Å². The minimum Gasteiger partial charge on any atom is -0.481 e. The van der Waals surface area contributed by atoms with Crippen LogP contribution in [0.5, 0.6) is 17.4 Å². The van der Waals surface area contributed by atoms with Gasteiger partial charge in [0.25, 0.3) is 0 Å². The van der Waals surface area contributed by atoms with Crippen molar-refractivity contribution in [3.63, 3.8) is 0 Å². The van der Waals surface area contributed by atoms with Crippen molar-refractivity contribution in [3.05, 3.63) is 71.2 Å². The lowest BCUT2D eigenvalue weighted by Crippen LogP contribution is -2.34. The van der Waals surface area contributed by atoms with Crippen LogP contribution in [0.15, 0.2) is 42.9 Å². The minimum atomic E-state index is 0.271. The molecule has 3 aromatic heterocycles. The second-order valence-corrected chi connectivity index (χ2v) is 9.92. The number of nitrogens with zero attached hydrogens (tertiary/aromatic N) is 5. The van der Waals surface area contributed by atoms with E-state index in [9.17, 15) is 0 Å². The first-order valence-corrected chi connectivity index (χ1v) is 12.9. The molecule has 4 aromatic rings. The first kappa shape index (κ1) is 22.8. The van der Waals surface area contributed by atoms with Gasteiger partial charge in [0, 0.05) is 54.5 Å². The number of piperidine rings is 1. The minimum absolute atomic E-state index is 0.271. The molecule has 192 valence electrons. The predicted molar refractivity (Wildman–Crippen MR) is 143 cm³/mol. The van der Waals surface area contributed by atoms with Gasteiger partial charge in [-0.25, -0.2) is 19.9 Å². The Balaban J connectivity index is 1.08. The van der Waals surface area contributed by atoms with Gasteiger partial charge in [0.05, 0.1) is 18.5 Å². The van der Waals surface area contributed by atoms with Crippen molar-refractivity contribution < 1.29 is 14.2 Å². The summed E-state index contributed by atoms with van der Waals surface area (Å²) in [5, 5.41) is 0. The molecular weight excluding hydrogens is 480 g/mol. The number of anilines is 1. The van der Waals surface area contributed by atoms with E-state index in [4.69, 9.17) is 24.2 Å². The highest BCUT2D eigenvalue weighted by atomic mass is 16.7. The quantitative estimate of drug-likeness (QED) is 0.411. The Labute approximate surface area is 220 Å². The first-order valence-electron chi connectivity index (χ1n) is 12.9. The Bertz CT molecular complexity index is 1550. The van der Waals surface area contributed by atoms with E-state index in [0.29, 0.717) is 11.8 Å². The van der Waals surface area contributed by atoms with Crippen LogP contribution in [0.25, 0.3) is 22.9 Å². The van der Waals surface area contributed by atoms with Crippen molar-refractivity contribution in [3.8, 4) is 28.6 Å². The van der Waals surface area contributed by atoms with Gasteiger partial charge in [0.15, 0.2) is 11.5 Å². The van der Waals surface area contributed by atoms with Gasteiger partial charge < -0.3 is 24.1 Å². The largest absolute Gasteiger partial charge is 0.481 e. The fourth-order valence-corrected chi connectivity index (χ4v) is 5.64. The van der Waals surface area contributed by atoms with E-state index in [2.05, 4.69) is 32.9 Å². The Morgan fingerprint density at radius 2 is 1.87 bits per heavy atom. The van der Waals surface area contributed by atoms with Crippen molar-refractivity contribution >= 4 is 17.5 Å². The molecule has 0 unspecified atom stereocenters. The van der Waals surface area contributed by atoms with Crippen LogP contribution in [-0.2, 0) is 6.42 Å². The number of aryl methyl sites for hydroxylation is 1. The lowest BCUT2D eigenvalue weighted by molar-refractivity contribution is 0.174. The lowest BCUT2D eigenvalue weighted by atomic mass is 9.96. The average molecular weight is 509 g/mol. The van der Waals surface area contributed by atoms with Gasteiger partial charge in [0.2, 0.25) is 12.7 Å². The second kappa shape index (κ2) is 9.16. The number of pyridine rings is 1. The molecule has 7 rings (SSSR count). The normalized spacial score (nSPS) is 16.5. The van der Waals surface area contributed by atoms with Gasteiger partial charge in [-0.2, -0.15) is 0 Å². The molecule has 9 heteroatoms. The van der Waals surface area contributed by atoms with Crippen LogP contribution in [-0.4, -0.2) is 51.9 Å². The molecule has 0 saturated carbocycles. The first-order chi connectivity index (χ1) is 18.7. The maximum atomic E-state index is 5.56. The standard InChI is InChI=1S/C29H28N6O3/c1-17-27(20-3-4-24-25(13-20)38-16-37-24)34-28(33-17)18-6-9-35(10-7-18)29-22-11-21(12-23(22)31-15-32-29)19-5-8-30-26(14-19)36-2/h3-5,8,11,13-15,18H,6-7,9-10,12,16H2,1-2H3,(H,33,34). The molecule has 1 fully saturated rings. The summed E-state index contributed by atoms with van der Waals surface area (Å²) < 4.78 is 16.3. The van der Waals surface area contributed by atoms with Crippen LogP contribution in [0.4, 0.5) is 5.82 Å². The van der Waals surface area contributed by atoms with Gasteiger partial charge >= 0.3 is 0 Å². The lowest BCUT2D eigenvalue weighted by Gasteiger charge is -2.32. The number of fused-ring (bicyclic) bond motifs is 2. The number of ether oxygens (including phenoxy) is 3. The van der Waals surface area contributed by atoms with Crippen LogP contribution in [0.3, 0.4) is 0 Å². The van der Waals surface area contributed by atoms with Crippen molar-refractivity contribution in [2.45, 2.75) is 32.1 Å². The third kappa shape index (κ3) is 3.95. The van der Waals surface area contributed by atoms with E-state index >= 15 is 0 Å². The molecule has 0 spiro atoms. The molecule has 0 bridgehead atoms. The third-order valence-electron chi connectivity index (χ3n) is 7.67. The number of methoxy groups -OCH3 is 1. The third-order valence-corrected chi connectivity index (χ3v) is 7.67. The highest BCUT2D eigenvalue weighted by molar-refractivity contribution is 5.91. The summed E-state index contributed by atoms with van der Waals surface area (Å²) in [7, 11) is 1.64. The fraction of sp³-hybridized carbons (Fsp3) is 0.310. The number of aromatic amines is 1. The van der Waals surface area contributed by atoms with Gasteiger partial charge in [0.1, 0.15) is 18.0 Å². The molecule has 38 heavy (non-hydrogen) atoms. The molecule has 0 amide bonds. The number of nitrogens with one attached hydrogen (secondary N) is 1. The molecule has 0 atom stereocenters. The SMILES string of the molecule is COc1cc(C2=Cc3c(ncnc3N3CCC(c4nc(-c5ccc6c(c5)OCO6)c(C)[nH]4)CC3)C2)ccn1. The zero-order valence-corrected chi connectivity index (χ0v) is 21.4. The van der Waals surface area contributed by atoms with E-state index in [1.165, 1.54) is 5.57 Å². The molecule has 5 heterocycles. The summed E-state index contributed by atoms with van der Waals surface area (Å²) in [6, 6.07) is 10.00. The average Bonchev–Trinajstić information content (AvgIpc) is 3.70. The molecule has 1 saturated heterocycles. The summed E-state index contributed by atoms with van der Waals surface area (Å²) in [6.07, 6.45) is 8.48. The van der Waals surface area contributed by atoms with Crippen molar-refractivity contribution in [1.82, 2.24) is 24.9 Å². The van der Waals surface area contributed by atoms with Crippen LogP contribution in [0, 0.1) is 6.92 Å². The number of hydrogen-bond donors (Lipinski definition) is 1. The number of imidazole rings is 1. The summed E-state index contributed by atoms with van der Waals surface area (Å²) in [6.45, 7) is 4.18. The van der Waals surface area contributed by atoms with Gasteiger partial charge in [-0.3, -0.25) is 0 Å². The molecule has 0 radical (unpaired) electrons. The fourth-order valence-electron chi connectivity index (χ4n) is 5.64. The highest BCUT2D eigenvalue weighted by Crippen LogP contribution is 2.39. The molecular formula is C29H28N6O3. The molecule has 9 nitrogen and oxygen atoms in total. The highest BCUT2D eigenvalue weighted by Gasteiger charge is 2.28. The van der Waals surface area contributed by atoms with Gasteiger partial charge in [-0.05, 0) is 61.2 Å². The van der Waals surface area contributed by atoms with E-state index < -0.39 is 0 Å². The molecule has 1 aromatic carbocycles. The smallest absolute Gasteiger partial charge is 0.231 e. The molecule has 1 aliphatic carbocycles. The predicted octanol–water partition coefficient (Wildman–Crippen LogP) is 4.79. The van der Waals surface area contributed by atoms with E-state index in [1.54, 1.807) is 19.6 Å². The molecule has 3 aliphatic rings. The Morgan fingerprint density at radius 1 is 1.00 bits per heavy atom. The van der Waals surface area contributed by atoms with Crippen LogP contribution in [0.2, 0.25) is 0 Å². The summed E-state index contributed by atoms with van der Waals surface area (Å²) in [5.41, 5.74) is 7.58. The monoisotopic (exact) mass is 508 g/mol. The van der Waals surface area contributed by atoms with Gasteiger partial charge in [-0.15, -0.1) is 0 Å². The maximum absolute atomic E-state index is 5.56. The van der Waals surface area contributed by atoms with Crippen molar-refractivity contribution in [1.29, 1.82) is 0 Å². The number of hydrogen-bond acceptors (Lipinski definition) is 8.